The van der Waals surface area contributed by atoms with Gasteiger partial charge in [-0.05, 0) is 48.5 Å². The number of anilines is 2. The number of carbonyl (C=O) groups is 2. The number of halogens is 1. The van der Waals surface area contributed by atoms with Crippen molar-refractivity contribution in [2.75, 3.05) is 16.8 Å². The number of amides is 2. The van der Waals surface area contributed by atoms with Crippen molar-refractivity contribution < 1.29 is 14.0 Å². The van der Waals surface area contributed by atoms with Crippen molar-refractivity contribution in [2.24, 2.45) is 7.05 Å². The molecule has 3 aromatic rings. The summed E-state index contributed by atoms with van der Waals surface area (Å²) in [5, 5.41) is 2.69. The summed E-state index contributed by atoms with van der Waals surface area (Å²) in [6.45, 7) is -0.127. The van der Waals surface area contributed by atoms with E-state index in [4.69, 9.17) is 0 Å². The Bertz CT molecular complexity index is 1080. The number of aromatic nitrogens is 1. The average molecular weight is 375 g/mol. The van der Waals surface area contributed by atoms with Crippen LogP contribution in [0.3, 0.4) is 0 Å². The smallest absolute Gasteiger partial charge is 0.259 e. The summed E-state index contributed by atoms with van der Waals surface area (Å²) in [6, 6.07) is 16.7. The highest BCUT2D eigenvalue weighted by molar-refractivity contribution is 6.36. The molecule has 0 fully saturated rings. The van der Waals surface area contributed by atoms with E-state index >= 15 is 0 Å². The van der Waals surface area contributed by atoms with Crippen molar-refractivity contribution in [1.29, 1.82) is 0 Å². The maximum absolute atomic E-state index is 13.1. The van der Waals surface area contributed by atoms with Crippen LogP contribution in [-0.4, -0.2) is 22.9 Å². The third-order valence-corrected chi connectivity index (χ3v) is 4.67. The van der Waals surface area contributed by atoms with E-state index in [1.165, 1.54) is 29.2 Å². The number of hydrogen-bond donors (Lipinski definition) is 1. The summed E-state index contributed by atoms with van der Waals surface area (Å²) in [5.41, 5.74) is 3.42. The minimum Gasteiger partial charge on any atom is -0.351 e. The van der Waals surface area contributed by atoms with Gasteiger partial charge in [0.1, 0.15) is 12.4 Å². The fraction of sp³-hybridized carbons (Fsp3) is 0.0909. The summed E-state index contributed by atoms with van der Waals surface area (Å²) in [4.78, 5) is 27.0. The third kappa shape index (κ3) is 3.32. The number of rotatable bonds is 4. The minimum absolute atomic E-state index is 0.127. The van der Waals surface area contributed by atoms with E-state index in [0.717, 1.165) is 11.3 Å². The van der Waals surface area contributed by atoms with Crippen molar-refractivity contribution in [1.82, 2.24) is 4.57 Å². The summed E-state index contributed by atoms with van der Waals surface area (Å²) < 4.78 is 14.9. The Hall–Kier alpha value is -3.67. The minimum atomic E-state index is -0.378. The molecule has 140 valence electrons. The van der Waals surface area contributed by atoms with Gasteiger partial charge in [0.15, 0.2) is 0 Å². The van der Waals surface area contributed by atoms with Gasteiger partial charge in [-0.2, -0.15) is 0 Å². The van der Waals surface area contributed by atoms with Gasteiger partial charge >= 0.3 is 0 Å². The van der Waals surface area contributed by atoms with E-state index < -0.39 is 0 Å². The fourth-order valence-electron chi connectivity index (χ4n) is 3.25. The lowest BCUT2D eigenvalue weighted by atomic mass is 10.1. The van der Waals surface area contributed by atoms with Crippen LogP contribution in [0.2, 0.25) is 0 Å². The van der Waals surface area contributed by atoms with Gasteiger partial charge in [0.2, 0.25) is 5.91 Å². The van der Waals surface area contributed by atoms with Crippen LogP contribution >= 0.6 is 0 Å². The van der Waals surface area contributed by atoms with E-state index in [9.17, 15) is 14.0 Å². The summed E-state index contributed by atoms with van der Waals surface area (Å²) >= 11 is 0. The lowest BCUT2D eigenvalue weighted by Gasteiger charge is -2.16. The number of hydrogen-bond acceptors (Lipinski definition) is 2. The second-order valence-corrected chi connectivity index (χ2v) is 6.57. The van der Waals surface area contributed by atoms with Crippen LogP contribution in [-0.2, 0) is 16.6 Å². The predicted molar refractivity (Wildman–Crippen MR) is 107 cm³/mol. The van der Waals surface area contributed by atoms with E-state index in [0.29, 0.717) is 16.9 Å². The molecular formula is C22H18FN3O2. The lowest BCUT2D eigenvalue weighted by Crippen LogP contribution is -2.35. The highest BCUT2D eigenvalue weighted by Gasteiger charge is 2.33. The first-order valence-electron chi connectivity index (χ1n) is 8.82. The van der Waals surface area contributed by atoms with Gasteiger partial charge in [-0.1, -0.05) is 18.2 Å². The normalized spacial score (nSPS) is 14.4. The van der Waals surface area contributed by atoms with E-state index in [2.05, 4.69) is 5.32 Å². The molecule has 0 spiro atoms. The molecule has 0 aliphatic carbocycles. The number of carbonyl (C=O) groups excluding carboxylic acids is 2. The molecule has 5 nitrogen and oxygen atoms in total. The highest BCUT2D eigenvalue weighted by Crippen LogP contribution is 2.37. The van der Waals surface area contributed by atoms with Gasteiger partial charge in [-0.15, -0.1) is 0 Å². The summed E-state index contributed by atoms with van der Waals surface area (Å²) in [6.07, 6.45) is 3.74. The van der Waals surface area contributed by atoms with E-state index in [1.54, 1.807) is 0 Å². The van der Waals surface area contributed by atoms with Crippen LogP contribution < -0.4 is 10.2 Å². The number of nitrogens with zero attached hydrogens (tertiary/aromatic N) is 2. The SMILES string of the molecule is Cn1cccc1/C=C1/C(=O)N(CC(=O)Nc2ccc(F)cc2)c2ccccc21. The molecule has 0 saturated heterocycles. The molecule has 2 amide bonds. The van der Waals surface area contributed by atoms with Crippen molar-refractivity contribution in [3.05, 3.63) is 83.9 Å². The molecule has 0 unspecified atom stereocenters. The monoisotopic (exact) mass is 375 g/mol. The van der Waals surface area contributed by atoms with Crippen molar-refractivity contribution in [2.45, 2.75) is 0 Å². The summed E-state index contributed by atoms with van der Waals surface area (Å²) in [7, 11) is 1.91. The van der Waals surface area contributed by atoms with E-state index in [-0.39, 0.29) is 24.2 Å². The molecule has 1 N–H and O–H groups in total. The van der Waals surface area contributed by atoms with Gasteiger partial charge in [0.05, 0.1) is 11.3 Å². The zero-order chi connectivity index (χ0) is 19.7. The van der Waals surface area contributed by atoms with Gasteiger partial charge in [-0.25, -0.2) is 4.39 Å². The molecule has 0 bridgehead atoms. The second kappa shape index (κ2) is 7.15. The molecule has 0 saturated carbocycles. The van der Waals surface area contributed by atoms with Crippen LogP contribution in [0, 0.1) is 5.82 Å². The van der Waals surface area contributed by atoms with E-state index in [1.807, 2.05) is 60.3 Å². The highest BCUT2D eigenvalue weighted by atomic mass is 19.1. The maximum atomic E-state index is 13.1. The molecule has 0 atom stereocenters. The standard InChI is InChI=1S/C22H18FN3O2/c1-25-12-4-5-17(25)13-19-18-6-2-3-7-20(18)26(22(19)28)14-21(27)24-16-10-8-15(23)9-11-16/h2-13H,14H2,1H3,(H,24,27)/b19-13+. The van der Waals surface area contributed by atoms with Crippen molar-refractivity contribution in [3.8, 4) is 0 Å². The quantitative estimate of drug-likeness (QED) is 0.707. The molecule has 2 aromatic carbocycles. The Morgan fingerprint density at radius 3 is 2.54 bits per heavy atom. The first-order chi connectivity index (χ1) is 13.5. The predicted octanol–water partition coefficient (Wildman–Crippen LogP) is 3.69. The van der Waals surface area contributed by atoms with Crippen LogP contribution in [0.25, 0.3) is 11.6 Å². The van der Waals surface area contributed by atoms with Gasteiger partial charge in [-0.3, -0.25) is 14.5 Å². The second-order valence-electron chi connectivity index (χ2n) is 6.57. The van der Waals surface area contributed by atoms with Crippen molar-refractivity contribution >= 4 is 34.8 Å². The molecule has 4 rings (SSSR count). The molecule has 1 aromatic heterocycles. The molecule has 0 radical (unpaired) electrons. The number of benzene rings is 2. The maximum Gasteiger partial charge on any atom is 0.259 e. The number of para-hydroxylation sites is 1. The van der Waals surface area contributed by atoms with Crippen molar-refractivity contribution in [3.63, 3.8) is 0 Å². The van der Waals surface area contributed by atoms with Gasteiger partial charge < -0.3 is 9.88 Å². The molecule has 6 heteroatoms. The molecule has 28 heavy (non-hydrogen) atoms. The van der Waals surface area contributed by atoms with Gasteiger partial charge in [0.25, 0.3) is 5.91 Å². The summed E-state index contributed by atoms with van der Waals surface area (Å²) in [5.74, 6) is -0.955. The fourth-order valence-corrected chi connectivity index (χ4v) is 3.25. The first-order valence-corrected chi connectivity index (χ1v) is 8.82. The van der Waals surface area contributed by atoms with Crippen LogP contribution in [0.4, 0.5) is 15.8 Å². The topological polar surface area (TPSA) is 54.3 Å². The third-order valence-electron chi connectivity index (χ3n) is 4.67. The first kappa shape index (κ1) is 17.7. The Labute approximate surface area is 161 Å². The number of aryl methyl sites for hydroxylation is 1. The number of fused-ring (bicyclic) bond motifs is 1. The molecule has 1 aliphatic heterocycles. The molecule has 2 heterocycles. The molecule has 1 aliphatic rings. The van der Waals surface area contributed by atoms with Crippen LogP contribution in [0.15, 0.2) is 66.9 Å². The van der Waals surface area contributed by atoms with Gasteiger partial charge in [0, 0.05) is 30.2 Å². The zero-order valence-electron chi connectivity index (χ0n) is 15.2. The Morgan fingerprint density at radius 1 is 1.07 bits per heavy atom. The average Bonchev–Trinajstić information content (AvgIpc) is 3.20. The Morgan fingerprint density at radius 2 is 1.82 bits per heavy atom. The van der Waals surface area contributed by atoms with Crippen LogP contribution in [0.1, 0.15) is 11.3 Å². The largest absolute Gasteiger partial charge is 0.351 e. The molecular weight excluding hydrogens is 357 g/mol. The number of nitrogens with one attached hydrogen (secondary N) is 1. The Kier molecular flexibility index (Phi) is 4.53. The lowest BCUT2D eigenvalue weighted by molar-refractivity contribution is -0.118. The Balaban J connectivity index is 1.60. The van der Waals surface area contributed by atoms with Crippen LogP contribution in [0.5, 0.6) is 0 Å². The zero-order valence-corrected chi connectivity index (χ0v) is 15.2.